The minimum absolute atomic E-state index is 0.251. The molecular formula is C18H27NO5. The van der Waals surface area contributed by atoms with Crippen molar-refractivity contribution < 1.29 is 23.8 Å². The number of hydrogen-bond donors (Lipinski definition) is 1. The van der Waals surface area contributed by atoms with Crippen LogP contribution in [0.1, 0.15) is 50.4 Å². The molecule has 1 N–H and O–H groups in total. The zero-order chi connectivity index (χ0) is 18.2. The molecule has 0 radical (unpaired) electrons. The van der Waals surface area contributed by atoms with Crippen LogP contribution >= 0.6 is 0 Å². The predicted molar refractivity (Wildman–Crippen MR) is 92.5 cm³/mol. The minimum atomic E-state index is -0.917. The number of rotatable bonds is 9. The highest BCUT2D eigenvalue weighted by Gasteiger charge is 2.32. The third-order valence-electron chi connectivity index (χ3n) is 3.89. The van der Waals surface area contributed by atoms with Crippen molar-refractivity contribution in [3.8, 4) is 5.75 Å². The molecule has 6 heteroatoms. The smallest absolute Gasteiger partial charge is 0.341 e. The molecular weight excluding hydrogens is 310 g/mol. The van der Waals surface area contributed by atoms with E-state index in [4.69, 9.17) is 14.2 Å². The Morgan fingerprint density at radius 1 is 1.21 bits per heavy atom. The molecule has 134 valence electrons. The molecule has 6 nitrogen and oxygen atoms in total. The number of benzene rings is 1. The number of anilines is 1. The van der Waals surface area contributed by atoms with Gasteiger partial charge in [-0.3, -0.25) is 4.79 Å². The Hall–Kier alpha value is -2.08. The SMILES string of the molecule is CCCCC(C)(OC)C(=O)Nc1ccc(OC)c(C(=O)OCC)c1. The van der Waals surface area contributed by atoms with Crippen LogP contribution in [0.2, 0.25) is 0 Å². The lowest BCUT2D eigenvalue weighted by molar-refractivity contribution is -0.136. The summed E-state index contributed by atoms with van der Waals surface area (Å²) in [5.74, 6) is -0.351. The molecule has 0 aromatic heterocycles. The topological polar surface area (TPSA) is 73.9 Å². The number of amides is 1. The van der Waals surface area contributed by atoms with E-state index in [0.717, 1.165) is 12.8 Å². The summed E-state index contributed by atoms with van der Waals surface area (Å²) in [5.41, 5.74) is -0.159. The van der Waals surface area contributed by atoms with Gasteiger partial charge in [-0.05, 0) is 38.5 Å². The second-order valence-corrected chi connectivity index (χ2v) is 5.63. The van der Waals surface area contributed by atoms with E-state index in [1.807, 2.05) is 0 Å². The average Bonchev–Trinajstić information content (AvgIpc) is 2.59. The Bertz CT molecular complexity index is 573. The van der Waals surface area contributed by atoms with Crippen LogP contribution in [-0.4, -0.2) is 38.3 Å². The van der Waals surface area contributed by atoms with Gasteiger partial charge in [0.1, 0.15) is 16.9 Å². The average molecular weight is 337 g/mol. The first kappa shape index (κ1) is 20.0. The van der Waals surface area contributed by atoms with E-state index in [1.165, 1.54) is 14.2 Å². The molecule has 0 bridgehead atoms. The maximum atomic E-state index is 12.5. The fourth-order valence-corrected chi connectivity index (χ4v) is 2.24. The highest BCUT2D eigenvalue weighted by atomic mass is 16.5. The minimum Gasteiger partial charge on any atom is -0.496 e. The van der Waals surface area contributed by atoms with Crippen LogP contribution in [0.25, 0.3) is 0 Å². The van der Waals surface area contributed by atoms with Crippen molar-refractivity contribution in [1.82, 2.24) is 0 Å². The zero-order valence-corrected chi connectivity index (χ0v) is 15.1. The van der Waals surface area contributed by atoms with Gasteiger partial charge in [0.15, 0.2) is 0 Å². The summed E-state index contributed by atoms with van der Waals surface area (Å²) < 4.78 is 15.6. The van der Waals surface area contributed by atoms with E-state index in [1.54, 1.807) is 32.0 Å². The molecule has 1 amide bonds. The number of carbonyl (C=O) groups excluding carboxylic acids is 2. The second-order valence-electron chi connectivity index (χ2n) is 5.63. The summed E-state index contributed by atoms with van der Waals surface area (Å²) in [4.78, 5) is 24.6. The van der Waals surface area contributed by atoms with E-state index in [0.29, 0.717) is 17.9 Å². The van der Waals surface area contributed by atoms with Gasteiger partial charge < -0.3 is 19.5 Å². The molecule has 0 spiro atoms. The lowest BCUT2D eigenvalue weighted by Gasteiger charge is -2.26. The number of methoxy groups -OCH3 is 2. The molecule has 0 aliphatic rings. The van der Waals surface area contributed by atoms with Crippen LogP contribution in [-0.2, 0) is 14.3 Å². The number of hydrogen-bond acceptors (Lipinski definition) is 5. The van der Waals surface area contributed by atoms with Gasteiger partial charge in [0, 0.05) is 12.8 Å². The maximum absolute atomic E-state index is 12.5. The van der Waals surface area contributed by atoms with Crippen molar-refractivity contribution in [3.05, 3.63) is 23.8 Å². The van der Waals surface area contributed by atoms with Crippen molar-refractivity contribution >= 4 is 17.6 Å². The van der Waals surface area contributed by atoms with E-state index < -0.39 is 11.6 Å². The van der Waals surface area contributed by atoms with Gasteiger partial charge in [-0.25, -0.2) is 4.79 Å². The molecule has 24 heavy (non-hydrogen) atoms. The lowest BCUT2D eigenvalue weighted by atomic mass is 9.97. The number of nitrogens with one attached hydrogen (secondary N) is 1. The summed E-state index contributed by atoms with van der Waals surface area (Å²) in [5, 5.41) is 2.80. The molecule has 1 atom stereocenters. The van der Waals surface area contributed by atoms with Crippen LogP contribution in [0, 0.1) is 0 Å². The zero-order valence-electron chi connectivity index (χ0n) is 15.1. The maximum Gasteiger partial charge on any atom is 0.341 e. The van der Waals surface area contributed by atoms with Crippen molar-refractivity contribution in [3.63, 3.8) is 0 Å². The summed E-state index contributed by atoms with van der Waals surface area (Å²) in [6.07, 6.45) is 2.48. The Kier molecular flexibility index (Phi) is 7.71. The largest absolute Gasteiger partial charge is 0.496 e. The summed E-state index contributed by atoms with van der Waals surface area (Å²) >= 11 is 0. The first-order valence-corrected chi connectivity index (χ1v) is 8.13. The monoisotopic (exact) mass is 337 g/mol. The second kappa shape index (κ2) is 9.27. The highest BCUT2D eigenvalue weighted by Crippen LogP contribution is 2.26. The number of ether oxygens (including phenoxy) is 3. The molecule has 1 rings (SSSR count). The molecule has 0 saturated heterocycles. The number of esters is 1. The van der Waals surface area contributed by atoms with E-state index >= 15 is 0 Å². The first-order chi connectivity index (χ1) is 11.4. The molecule has 1 unspecified atom stereocenters. The molecule has 0 aliphatic carbocycles. The van der Waals surface area contributed by atoms with E-state index in [2.05, 4.69) is 12.2 Å². The Morgan fingerprint density at radius 3 is 2.46 bits per heavy atom. The fourth-order valence-electron chi connectivity index (χ4n) is 2.24. The van der Waals surface area contributed by atoms with Crippen molar-refractivity contribution in [2.24, 2.45) is 0 Å². The lowest BCUT2D eigenvalue weighted by Crippen LogP contribution is -2.41. The van der Waals surface area contributed by atoms with Gasteiger partial charge in [-0.15, -0.1) is 0 Å². The molecule has 0 heterocycles. The van der Waals surface area contributed by atoms with Crippen LogP contribution in [0.15, 0.2) is 18.2 Å². The number of unbranched alkanes of at least 4 members (excludes halogenated alkanes) is 1. The standard InChI is InChI=1S/C18H27NO5/c1-6-8-11-18(3,23-5)17(21)19-13-9-10-15(22-4)14(12-13)16(20)24-7-2/h9-10,12H,6-8,11H2,1-5H3,(H,19,21). The van der Waals surface area contributed by atoms with Crippen LogP contribution in [0.4, 0.5) is 5.69 Å². The molecule has 1 aromatic carbocycles. The van der Waals surface area contributed by atoms with Gasteiger partial charge in [0.25, 0.3) is 5.91 Å². The normalized spacial score (nSPS) is 13.0. The third kappa shape index (κ3) is 4.96. The van der Waals surface area contributed by atoms with Crippen LogP contribution in [0.3, 0.4) is 0 Å². The summed E-state index contributed by atoms with van der Waals surface area (Å²) in [6.45, 7) is 5.81. The molecule has 1 aromatic rings. The highest BCUT2D eigenvalue weighted by molar-refractivity contribution is 5.99. The Labute approximate surface area is 143 Å². The predicted octanol–water partition coefficient (Wildman–Crippen LogP) is 3.41. The van der Waals surface area contributed by atoms with E-state index in [-0.39, 0.29) is 18.1 Å². The Morgan fingerprint density at radius 2 is 1.92 bits per heavy atom. The number of carbonyl (C=O) groups is 2. The molecule has 0 fully saturated rings. The fraction of sp³-hybridized carbons (Fsp3) is 0.556. The van der Waals surface area contributed by atoms with Crippen LogP contribution in [0.5, 0.6) is 5.75 Å². The van der Waals surface area contributed by atoms with E-state index in [9.17, 15) is 9.59 Å². The van der Waals surface area contributed by atoms with Crippen molar-refractivity contribution in [2.45, 2.75) is 45.6 Å². The van der Waals surface area contributed by atoms with Crippen molar-refractivity contribution in [1.29, 1.82) is 0 Å². The summed E-state index contributed by atoms with van der Waals surface area (Å²) in [7, 11) is 3.00. The van der Waals surface area contributed by atoms with Gasteiger partial charge in [0.2, 0.25) is 0 Å². The quantitative estimate of drug-likeness (QED) is 0.699. The van der Waals surface area contributed by atoms with Gasteiger partial charge in [-0.1, -0.05) is 19.8 Å². The summed E-state index contributed by atoms with van der Waals surface area (Å²) in [6, 6.07) is 4.85. The van der Waals surface area contributed by atoms with Gasteiger partial charge >= 0.3 is 5.97 Å². The molecule has 0 aliphatic heterocycles. The van der Waals surface area contributed by atoms with Crippen LogP contribution < -0.4 is 10.1 Å². The van der Waals surface area contributed by atoms with Gasteiger partial charge in [0.05, 0.1) is 13.7 Å². The van der Waals surface area contributed by atoms with Gasteiger partial charge in [-0.2, -0.15) is 0 Å². The molecule has 0 saturated carbocycles. The third-order valence-corrected chi connectivity index (χ3v) is 3.89. The Balaban J connectivity index is 3.00. The van der Waals surface area contributed by atoms with Crippen molar-refractivity contribution in [2.75, 3.05) is 26.1 Å². The first-order valence-electron chi connectivity index (χ1n) is 8.13.